The number of benzene rings is 1. The molecule has 0 saturated heterocycles. The van der Waals surface area contributed by atoms with Gasteiger partial charge in [-0.2, -0.15) is 23.4 Å². The zero-order valence-corrected chi connectivity index (χ0v) is 17.7. The van der Waals surface area contributed by atoms with E-state index in [2.05, 4.69) is 30.6 Å². The number of nitrogens with zero attached hydrogens (tertiary/aromatic N) is 5. The maximum Gasteiger partial charge on any atom is 0.408 e. The van der Waals surface area contributed by atoms with Gasteiger partial charge in [-0.3, -0.25) is 9.89 Å². The molecule has 0 aliphatic carbocycles. The van der Waals surface area contributed by atoms with Gasteiger partial charge in [-0.25, -0.2) is 14.6 Å². The van der Waals surface area contributed by atoms with Crippen molar-refractivity contribution in [2.24, 2.45) is 0 Å². The van der Waals surface area contributed by atoms with Crippen molar-refractivity contribution in [2.45, 2.75) is 25.7 Å². The number of aromatic nitrogens is 6. The Hall–Kier alpha value is -3.74. The minimum absolute atomic E-state index is 0.0754. The number of hydrogen-bond donors (Lipinski definition) is 2. The minimum Gasteiger partial charge on any atom is -0.492 e. The Balaban J connectivity index is 1.40. The quantitative estimate of drug-likeness (QED) is 0.459. The first kappa shape index (κ1) is 21.1. The summed E-state index contributed by atoms with van der Waals surface area (Å²) in [6, 6.07) is 5.51. The summed E-state index contributed by atoms with van der Waals surface area (Å²) in [5.74, 6) is 0.415. The smallest absolute Gasteiger partial charge is 0.408 e. The third-order valence-electron chi connectivity index (χ3n) is 4.93. The molecule has 5 rings (SSSR count). The lowest BCUT2D eigenvalue weighted by molar-refractivity contribution is -0.142. The molecule has 1 amide bonds. The highest BCUT2D eigenvalue weighted by Gasteiger charge is 2.31. The van der Waals surface area contributed by atoms with E-state index in [-0.39, 0.29) is 18.3 Å². The summed E-state index contributed by atoms with van der Waals surface area (Å²) in [7, 11) is 0. The number of amides is 1. The van der Waals surface area contributed by atoms with E-state index in [1.807, 2.05) is 18.2 Å². The summed E-state index contributed by atoms with van der Waals surface area (Å²) in [6.45, 7) is -0.557. The molecule has 0 radical (unpaired) electrons. The maximum atomic E-state index is 12.9. The molecule has 0 atom stereocenters. The maximum absolute atomic E-state index is 12.9. The van der Waals surface area contributed by atoms with Crippen molar-refractivity contribution in [3.05, 3.63) is 52.9 Å². The molecule has 1 aliphatic rings. The number of aromatic amines is 1. The Bertz CT molecular complexity index is 1300. The number of thiazole rings is 1. The lowest BCUT2D eigenvalue weighted by Gasteiger charge is -2.10. The number of alkyl halides is 3. The van der Waals surface area contributed by atoms with Crippen LogP contribution in [0.4, 0.5) is 13.2 Å². The van der Waals surface area contributed by atoms with E-state index in [0.29, 0.717) is 35.0 Å². The van der Waals surface area contributed by atoms with Crippen molar-refractivity contribution in [2.75, 3.05) is 6.61 Å². The van der Waals surface area contributed by atoms with E-state index in [1.54, 1.807) is 0 Å². The fourth-order valence-electron chi connectivity index (χ4n) is 3.45. The monoisotopic (exact) mass is 475 g/mol. The Morgan fingerprint density at radius 3 is 3.00 bits per heavy atom. The second kappa shape index (κ2) is 8.31. The van der Waals surface area contributed by atoms with Crippen LogP contribution in [0, 0.1) is 0 Å². The van der Waals surface area contributed by atoms with Gasteiger partial charge in [0.1, 0.15) is 18.6 Å². The molecule has 9 nitrogen and oxygen atoms in total. The van der Waals surface area contributed by atoms with Gasteiger partial charge in [0.25, 0.3) is 5.91 Å². The van der Waals surface area contributed by atoms with E-state index < -0.39 is 12.7 Å². The summed E-state index contributed by atoms with van der Waals surface area (Å²) in [4.78, 5) is 21.6. The Morgan fingerprint density at radius 1 is 1.33 bits per heavy atom. The third kappa shape index (κ3) is 4.44. The molecular formula is C20H16F3N7O2S. The van der Waals surface area contributed by atoms with Crippen molar-refractivity contribution >= 4 is 17.2 Å². The Labute approximate surface area is 188 Å². The molecular weight excluding hydrogens is 459 g/mol. The molecule has 13 heteroatoms. The largest absolute Gasteiger partial charge is 0.492 e. The summed E-state index contributed by atoms with van der Waals surface area (Å²) in [6.07, 6.45) is 0.176. The van der Waals surface area contributed by atoms with Crippen LogP contribution in [-0.2, 0) is 19.5 Å². The van der Waals surface area contributed by atoms with Crippen molar-refractivity contribution in [3.8, 4) is 27.8 Å². The molecule has 4 heterocycles. The predicted octanol–water partition coefficient (Wildman–Crippen LogP) is 3.22. The molecule has 2 N–H and O–H groups in total. The second-order valence-electron chi connectivity index (χ2n) is 7.25. The molecule has 0 fully saturated rings. The number of rotatable bonds is 5. The second-order valence-corrected chi connectivity index (χ2v) is 8.33. The van der Waals surface area contributed by atoms with E-state index in [0.717, 1.165) is 27.0 Å². The number of fused-ring (bicyclic) bond motifs is 3. The van der Waals surface area contributed by atoms with Crippen LogP contribution in [0.3, 0.4) is 0 Å². The lowest BCUT2D eigenvalue weighted by atomic mass is 10.1. The van der Waals surface area contributed by atoms with E-state index >= 15 is 0 Å². The first-order valence-electron chi connectivity index (χ1n) is 9.85. The Morgan fingerprint density at radius 2 is 2.21 bits per heavy atom. The SMILES string of the molecule is O=C(NCc1ccc2c(c1)OCCc1sc(-c3ncnn3CC(F)(F)F)nc1-2)c1cn[nH]c1. The zero-order valence-electron chi connectivity index (χ0n) is 16.9. The first-order valence-corrected chi connectivity index (χ1v) is 10.7. The third-order valence-corrected chi connectivity index (χ3v) is 6.05. The number of nitrogens with one attached hydrogen (secondary N) is 2. The molecule has 0 unspecified atom stereocenters. The van der Waals surface area contributed by atoms with Gasteiger partial charge < -0.3 is 10.1 Å². The zero-order chi connectivity index (χ0) is 23.0. The molecule has 1 aromatic carbocycles. The number of carbonyl (C=O) groups excluding carboxylic acids is 1. The highest BCUT2D eigenvalue weighted by molar-refractivity contribution is 7.15. The first-order chi connectivity index (χ1) is 15.9. The van der Waals surface area contributed by atoms with Gasteiger partial charge in [0.05, 0.1) is 24.1 Å². The normalized spacial score (nSPS) is 13.1. The fraction of sp³-hybridized carbons (Fsp3) is 0.250. The molecule has 0 spiro atoms. The number of halogens is 3. The number of hydrogen-bond acceptors (Lipinski definition) is 7. The van der Waals surface area contributed by atoms with Crippen LogP contribution < -0.4 is 10.1 Å². The molecule has 33 heavy (non-hydrogen) atoms. The van der Waals surface area contributed by atoms with Gasteiger partial charge in [0.15, 0.2) is 10.8 Å². The van der Waals surface area contributed by atoms with Crippen molar-refractivity contribution < 1.29 is 22.7 Å². The average molecular weight is 475 g/mol. The molecule has 4 aromatic rings. The number of H-pyrrole nitrogens is 1. The van der Waals surface area contributed by atoms with Crippen LogP contribution >= 0.6 is 11.3 Å². The van der Waals surface area contributed by atoms with Gasteiger partial charge in [-0.1, -0.05) is 6.07 Å². The van der Waals surface area contributed by atoms with Crippen LogP contribution in [0.5, 0.6) is 5.75 Å². The Kier molecular flexibility index (Phi) is 5.32. The summed E-state index contributed by atoms with van der Waals surface area (Å²) in [5, 5.41) is 13.2. The van der Waals surface area contributed by atoms with Gasteiger partial charge in [-0.05, 0) is 17.7 Å². The number of ether oxygens (including phenoxy) is 1. The topological polar surface area (TPSA) is 111 Å². The van der Waals surface area contributed by atoms with Gasteiger partial charge in [-0.15, -0.1) is 11.3 Å². The molecule has 1 aliphatic heterocycles. The summed E-state index contributed by atoms with van der Waals surface area (Å²) < 4.78 is 45.3. The van der Waals surface area contributed by atoms with E-state index in [9.17, 15) is 18.0 Å². The van der Waals surface area contributed by atoms with Crippen LogP contribution in [0.1, 0.15) is 20.8 Å². The van der Waals surface area contributed by atoms with E-state index in [4.69, 9.17) is 4.74 Å². The van der Waals surface area contributed by atoms with Crippen LogP contribution in [0.25, 0.3) is 22.1 Å². The van der Waals surface area contributed by atoms with Gasteiger partial charge in [0, 0.05) is 29.6 Å². The predicted molar refractivity (Wildman–Crippen MR) is 112 cm³/mol. The summed E-state index contributed by atoms with van der Waals surface area (Å²) in [5.41, 5.74) is 2.64. The molecule has 0 saturated carbocycles. The lowest BCUT2D eigenvalue weighted by Crippen LogP contribution is -2.22. The van der Waals surface area contributed by atoms with Crippen molar-refractivity contribution in [1.82, 2.24) is 35.3 Å². The highest BCUT2D eigenvalue weighted by atomic mass is 32.1. The fourth-order valence-corrected chi connectivity index (χ4v) is 4.50. The molecule has 0 bridgehead atoms. The van der Waals surface area contributed by atoms with Gasteiger partial charge >= 0.3 is 6.18 Å². The van der Waals surface area contributed by atoms with Crippen molar-refractivity contribution in [3.63, 3.8) is 0 Å². The van der Waals surface area contributed by atoms with Crippen LogP contribution in [0.15, 0.2) is 36.9 Å². The highest BCUT2D eigenvalue weighted by Crippen LogP contribution is 2.40. The molecule has 3 aromatic heterocycles. The van der Waals surface area contributed by atoms with Gasteiger partial charge in [0.2, 0.25) is 0 Å². The van der Waals surface area contributed by atoms with E-state index in [1.165, 1.54) is 23.7 Å². The molecule has 170 valence electrons. The van der Waals surface area contributed by atoms with Crippen LogP contribution in [-0.4, -0.2) is 48.6 Å². The standard InChI is InChI=1S/C20H16F3N7O2S/c21-20(22,23)9-30-17(25-10-28-30)19-29-16-13-2-1-11(5-14(13)32-4-3-15(16)33-19)6-24-18(31)12-7-26-27-8-12/h1-2,5,7-8,10H,3-4,6,9H2,(H,24,31)(H,26,27). The minimum atomic E-state index is -4.42. The number of carbonyl (C=O) groups is 1. The van der Waals surface area contributed by atoms with Crippen LogP contribution in [0.2, 0.25) is 0 Å². The average Bonchev–Trinajstić information content (AvgIpc) is 3.51. The van der Waals surface area contributed by atoms with Crippen molar-refractivity contribution in [1.29, 1.82) is 0 Å². The summed E-state index contributed by atoms with van der Waals surface area (Å²) >= 11 is 1.28.